The van der Waals surface area contributed by atoms with Gasteiger partial charge >= 0.3 is 0 Å². The molecule has 0 aliphatic carbocycles. The normalized spacial score (nSPS) is 10.1. The van der Waals surface area contributed by atoms with Crippen LogP contribution in [0.4, 0.5) is 11.4 Å². The number of anilines is 2. The number of nitrogens with two attached hydrogens (primary N) is 1. The summed E-state index contributed by atoms with van der Waals surface area (Å²) in [5.74, 6) is -0.599. The molecule has 0 saturated heterocycles. The molecule has 0 aliphatic rings. The smallest absolute Gasteiger partial charge is 0.277 e. The third kappa shape index (κ3) is 2.57. The average molecular weight is 276 g/mol. The lowest BCUT2D eigenvalue weighted by Crippen LogP contribution is -2.35. The minimum atomic E-state index is -0.599. The molecule has 2 rings (SSSR count). The number of amides is 1. The summed E-state index contributed by atoms with van der Waals surface area (Å²) >= 11 is 6.73. The van der Waals surface area contributed by atoms with Crippen molar-refractivity contribution in [2.24, 2.45) is 5.73 Å². The Balaban J connectivity index is 2.48. The van der Waals surface area contributed by atoms with Gasteiger partial charge in [-0.15, -0.1) is 11.3 Å². The van der Waals surface area contributed by atoms with E-state index in [4.69, 9.17) is 18.0 Å². The first kappa shape index (κ1) is 12.7. The first-order valence-corrected chi connectivity index (χ1v) is 6.62. The molecular weight excluding hydrogens is 264 g/mol. The maximum absolute atomic E-state index is 11.3. The number of carbonyl (C=O) groups excluding carboxylic acids is 1. The zero-order valence-electron chi connectivity index (χ0n) is 9.79. The van der Waals surface area contributed by atoms with Gasteiger partial charge < -0.3 is 5.73 Å². The molecule has 1 heterocycles. The third-order valence-corrected chi connectivity index (χ3v) is 3.64. The zero-order valence-corrected chi connectivity index (χ0v) is 11.4. The van der Waals surface area contributed by atoms with Gasteiger partial charge in [0.2, 0.25) is 0 Å². The van der Waals surface area contributed by atoms with Crippen LogP contribution < -0.4 is 10.6 Å². The molecule has 5 heteroatoms. The summed E-state index contributed by atoms with van der Waals surface area (Å²) in [4.78, 5) is 14.3. The van der Waals surface area contributed by atoms with Crippen molar-refractivity contribution in [2.75, 3.05) is 4.90 Å². The molecule has 0 fully saturated rings. The van der Waals surface area contributed by atoms with Crippen molar-refractivity contribution in [2.45, 2.75) is 6.92 Å². The molecular formula is C13H12N2OS2. The number of benzene rings is 1. The number of hydrogen-bond acceptors (Lipinski definition) is 3. The molecule has 2 N–H and O–H groups in total. The van der Waals surface area contributed by atoms with Crippen molar-refractivity contribution in [3.63, 3.8) is 0 Å². The van der Waals surface area contributed by atoms with E-state index in [1.165, 1.54) is 0 Å². The Hall–Kier alpha value is -1.72. The Kier molecular flexibility index (Phi) is 3.74. The quantitative estimate of drug-likeness (QED) is 0.858. The van der Waals surface area contributed by atoms with E-state index in [2.05, 4.69) is 0 Å². The molecule has 92 valence electrons. The molecule has 0 aliphatic heterocycles. The molecule has 1 amide bonds. The first-order chi connectivity index (χ1) is 8.59. The fraction of sp³-hybridized carbons (Fsp3) is 0.0769. The molecule has 0 bridgehead atoms. The van der Waals surface area contributed by atoms with Crippen LogP contribution in [-0.4, -0.2) is 10.9 Å². The number of para-hydroxylation sites is 1. The summed E-state index contributed by atoms with van der Waals surface area (Å²) in [6.45, 7) is 2.00. The van der Waals surface area contributed by atoms with E-state index in [1.807, 2.05) is 48.7 Å². The van der Waals surface area contributed by atoms with Crippen LogP contribution in [-0.2, 0) is 4.79 Å². The van der Waals surface area contributed by atoms with Crippen molar-refractivity contribution in [3.8, 4) is 0 Å². The number of thiocarbonyl (C=S) groups is 1. The lowest BCUT2D eigenvalue weighted by atomic mass is 10.2. The number of thiophene rings is 1. The SMILES string of the molecule is Cc1cc(N(C(=S)C(N)=O)c2ccccc2)cs1. The van der Waals surface area contributed by atoms with Crippen LogP contribution in [0.25, 0.3) is 0 Å². The van der Waals surface area contributed by atoms with Crippen LogP contribution in [0.1, 0.15) is 4.88 Å². The highest BCUT2D eigenvalue weighted by Crippen LogP contribution is 2.29. The van der Waals surface area contributed by atoms with Crippen LogP contribution in [0.15, 0.2) is 41.8 Å². The highest BCUT2D eigenvalue weighted by Gasteiger charge is 2.19. The predicted molar refractivity (Wildman–Crippen MR) is 79.4 cm³/mol. The summed E-state index contributed by atoms with van der Waals surface area (Å²) in [5.41, 5.74) is 7.00. The molecule has 1 aromatic heterocycles. The van der Waals surface area contributed by atoms with Gasteiger partial charge in [-0.25, -0.2) is 0 Å². The van der Waals surface area contributed by atoms with Gasteiger partial charge in [0.05, 0.1) is 5.69 Å². The second kappa shape index (κ2) is 5.29. The Morgan fingerprint density at radius 1 is 1.28 bits per heavy atom. The minimum Gasteiger partial charge on any atom is -0.364 e. The van der Waals surface area contributed by atoms with E-state index < -0.39 is 5.91 Å². The fourth-order valence-corrected chi connectivity index (χ4v) is 2.50. The van der Waals surface area contributed by atoms with E-state index in [1.54, 1.807) is 16.2 Å². The predicted octanol–water partition coefficient (Wildman–Crippen LogP) is 3.01. The number of rotatable bonds is 2. The summed E-state index contributed by atoms with van der Waals surface area (Å²) < 4.78 is 0. The van der Waals surface area contributed by atoms with Crippen LogP contribution >= 0.6 is 23.6 Å². The number of hydrogen-bond donors (Lipinski definition) is 1. The van der Waals surface area contributed by atoms with E-state index in [0.29, 0.717) is 0 Å². The molecule has 1 aromatic carbocycles. The van der Waals surface area contributed by atoms with Gasteiger partial charge in [0.25, 0.3) is 5.91 Å². The molecule has 0 spiro atoms. The van der Waals surface area contributed by atoms with Crippen molar-refractivity contribution in [3.05, 3.63) is 46.7 Å². The molecule has 0 atom stereocenters. The van der Waals surface area contributed by atoms with Gasteiger partial charge in [-0.1, -0.05) is 30.4 Å². The second-order valence-corrected chi connectivity index (χ2v) is 5.26. The van der Waals surface area contributed by atoms with Gasteiger partial charge in [0.1, 0.15) is 0 Å². The van der Waals surface area contributed by atoms with Gasteiger partial charge in [-0.2, -0.15) is 0 Å². The second-order valence-electron chi connectivity index (χ2n) is 3.76. The zero-order chi connectivity index (χ0) is 13.1. The standard InChI is InChI=1S/C13H12N2OS2/c1-9-7-11(8-18-9)15(13(17)12(14)16)10-5-3-2-4-6-10/h2-8H,1H3,(H2,14,16). The van der Waals surface area contributed by atoms with Gasteiger partial charge in [0.15, 0.2) is 4.99 Å². The highest BCUT2D eigenvalue weighted by atomic mass is 32.1. The van der Waals surface area contributed by atoms with E-state index >= 15 is 0 Å². The van der Waals surface area contributed by atoms with Crippen molar-refractivity contribution in [1.82, 2.24) is 0 Å². The van der Waals surface area contributed by atoms with Crippen molar-refractivity contribution < 1.29 is 4.79 Å². The van der Waals surface area contributed by atoms with Crippen LogP contribution in [0.3, 0.4) is 0 Å². The average Bonchev–Trinajstić information content (AvgIpc) is 2.77. The van der Waals surface area contributed by atoms with Crippen LogP contribution in [0.2, 0.25) is 0 Å². The van der Waals surface area contributed by atoms with Crippen molar-refractivity contribution in [1.29, 1.82) is 0 Å². The van der Waals surface area contributed by atoms with E-state index in [9.17, 15) is 4.79 Å². The summed E-state index contributed by atoms with van der Waals surface area (Å²) in [6, 6.07) is 11.5. The number of carbonyl (C=O) groups is 1. The maximum Gasteiger partial charge on any atom is 0.277 e. The number of nitrogens with zero attached hydrogens (tertiary/aromatic N) is 1. The number of aryl methyl sites for hydroxylation is 1. The minimum absolute atomic E-state index is 0.0963. The van der Waals surface area contributed by atoms with Crippen LogP contribution in [0.5, 0.6) is 0 Å². The Labute approximate surface area is 115 Å². The Morgan fingerprint density at radius 3 is 2.44 bits per heavy atom. The Morgan fingerprint density at radius 2 is 1.94 bits per heavy atom. The van der Waals surface area contributed by atoms with Crippen LogP contribution in [0, 0.1) is 6.92 Å². The van der Waals surface area contributed by atoms with Crippen molar-refractivity contribution >= 4 is 45.8 Å². The molecule has 18 heavy (non-hydrogen) atoms. The molecule has 3 nitrogen and oxygen atoms in total. The van der Waals surface area contributed by atoms with Gasteiger partial charge in [-0.3, -0.25) is 9.69 Å². The molecule has 0 saturated carbocycles. The topological polar surface area (TPSA) is 46.3 Å². The van der Waals surface area contributed by atoms with E-state index in [-0.39, 0.29) is 4.99 Å². The van der Waals surface area contributed by atoms with E-state index in [0.717, 1.165) is 16.3 Å². The fourth-order valence-electron chi connectivity index (χ4n) is 1.62. The molecule has 2 aromatic rings. The molecule has 0 unspecified atom stereocenters. The number of primary amides is 1. The lowest BCUT2D eigenvalue weighted by Gasteiger charge is -2.22. The summed E-state index contributed by atoms with van der Waals surface area (Å²) in [7, 11) is 0. The largest absolute Gasteiger partial charge is 0.364 e. The maximum atomic E-state index is 11.3. The Bertz CT molecular complexity index is 578. The summed E-state index contributed by atoms with van der Waals surface area (Å²) in [5, 5.41) is 1.96. The highest BCUT2D eigenvalue weighted by molar-refractivity contribution is 7.82. The first-order valence-electron chi connectivity index (χ1n) is 5.33. The van der Waals surface area contributed by atoms with Gasteiger partial charge in [-0.05, 0) is 25.1 Å². The molecule has 0 radical (unpaired) electrons. The monoisotopic (exact) mass is 276 g/mol. The van der Waals surface area contributed by atoms with Gasteiger partial charge in [0, 0.05) is 15.9 Å². The third-order valence-electron chi connectivity index (χ3n) is 2.40. The lowest BCUT2D eigenvalue weighted by molar-refractivity contribution is -0.111. The summed E-state index contributed by atoms with van der Waals surface area (Å²) in [6.07, 6.45) is 0.